The molecular formula is C17H12F3NO. The summed E-state index contributed by atoms with van der Waals surface area (Å²) in [5.74, 6) is -0.458. The number of alkyl halides is 3. The third-order valence-electron chi connectivity index (χ3n) is 3.47. The number of benzene rings is 2. The average molecular weight is 303 g/mol. The van der Waals surface area contributed by atoms with Gasteiger partial charge in [0.15, 0.2) is 0 Å². The summed E-state index contributed by atoms with van der Waals surface area (Å²) in [4.78, 5) is 15.3. The molecule has 0 atom stereocenters. The number of fused-ring (bicyclic) bond motifs is 1. The second-order valence-electron chi connectivity index (χ2n) is 5.18. The van der Waals surface area contributed by atoms with Crippen LogP contribution in [0, 0.1) is 6.92 Å². The molecule has 1 heterocycles. The first-order valence-electron chi connectivity index (χ1n) is 6.66. The van der Waals surface area contributed by atoms with Crippen LogP contribution in [0.25, 0.3) is 10.9 Å². The molecule has 3 aromatic rings. The number of aromatic nitrogens is 1. The van der Waals surface area contributed by atoms with E-state index in [0.717, 1.165) is 28.6 Å². The molecule has 0 aliphatic heterocycles. The fourth-order valence-electron chi connectivity index (χ4n) is 2.37. The van der Waals surface area contributed by atoms with Gasteiger partial charge in [-0.2, -0.15) is 13.2 Å². The highest BCUT2D eigenvalue weighted by Crippen LogP contribution is 2.30. The topological polar surface area (TPSA) is 32.9 Å². The predicted octanol–water partition coefficient (Wildman–Crippen LogP) is 4.73. The molecule has 0 bridgehead atoms. The Morgan fingerprint density at radius 2 is 1.82 bits per heavy atom. The van der Waals surface area contributed by atoms with Crippen molar-refractivity contribution in [1.29, 1.82) is 0 Å². The van der Waals surface area contributed by atoms with E-state index in [-0.39, 0.29) is 11.3 Å². The number of ketones is 1. The summed E-state index contributed by atoms with van der Waals surface area (Å²) < 4.78 is 38.2. The largest absolute Gasteiger partial charge is 0.416 e. The molecule has 22 heavy (non-hydrogen) atoms. The maximum Gasteiger partial charge on any atom is 0.416 e. The first-order valence-corrected chi connectivity index (χ1v) is 6.66. The zero-order valence-electron chi connectivity index (χ0n) is 11.7. The molecule has 0 fully saturated rings. The van der Waals surface area contributed by atoms with Gasteiger partial charge in [-0.05, 0) is 37.3 Å². The molecular weight excluding hydrogens is 291 g/mol. The van der Waals surface area contributed by atoms with Crippen LogP contribution in [-0.4, -0.2) is 10.8 Å². The minimum Gasteiger partial charge on any atom is -0.352 e. The summed E-state index contributed by atoms with van der Waals surface area (Å²) in [6, 6.07) is 11.8. The Hall–Kier alpha value is -2.56. The van der Waals surface area contributed by atoms with Crippen LogP contribution in [0.5, 0.6) is 0 Å². The number of aromatic amines is 1. The zero-order valence-corrected chi connectivity index (χ0v) is 11.7. The summed E-state index contributed by atoms with van der Waals surface area (Å²) in [6.45, 7) is 1.93. The molecule has 1 N–H and O–H groups in total. The quantitative estimate of drug-likeness (QED) is 0.682. The van der Waals surface area contributed by atoms with Crippen LogP contribution in [0.1, 0.15) is 27.2 Å². The third kappa shape index (κ3) is 2.62. The molecule has 5 heteroatoms. The van der Waals surface area contributed by atoms with Crippen LogP contribution in [-0.2, 0) is 6.18 Å². The van der Waals surface area contributed by atoms with E-state index in [1.165, 1.54) is 12.1 Å². The van der Waals surface area contributed by atoms with E-state index in [0.29, 0.717) is 0 Å². The standard InChI is InChI=1S/C17H12F3NO/c1-10-5-6-14-12(7-10)9-15(21-14)16(22)11-3-2-4-13(8-11)17(18,19)20/h2-9,21H,1H3. The Kier molecular flexibility index (Phi) is 3.28. The number of nitrogens with one attached hydrogen (secondary N) is 1. The number of aryl methyl sites for hydroxylation is 1. The van der Waals surface area contributed by atoms with Crippen LogP contribution in [0.3, 0.4) is 0 Å². The molecule has 2 nitrogen and oxygen atoms in total. The molecule has 0 unspecified atom stereocenters. The van der Waals surface area contributed by atoms with E-state index in [9.17, 15) is 18.0 Å². The van der Waals surface area contributed by atoms with Gasteiger partial charge in [-0.25, -0.2) is 0 Å². The highest BCUT2D eigenvalue weighted by molar-refractivity contribution is 6.10. The van der Waals surface area contributed by atoms with Crippen molar-refractivity contribution in [3.63, 3.8) is 0 Å². The predicted molar refractivity (Wildman–Crippen MR) is 77.9 cm³/mol. The number of hydrogen-bond acceptors (Lipinski definition) is 1. The fraction of sp³-hybridized carbons (Fsp3) is 0.118. The molecule has 0 saturated carbocycles. The second kappa shape index (κ2) is 5.02. The summed E-state index contributed by atoms with van der Waals surface area (Å²) in [6.07, 6.45) is -4.46. The highest BCUT2D eigenvalue weighted by Gasteiger charge is 2.31. The molecule has 3 rings (SSSR count). The summed E-state index contributed by atoms with van der Waals surface area (Å²) in [7, 11) is 0. The van der Waals surface area contributed by atoms with Gasteiger partial charge in [0, 0.05) is 16.5 Å². The number of carbonyl (C=O) groups excluding carboxylic acids is 1. The fourth-order valence-corrected chi connectivity index (χ4v) is 2.37. The van der Waals surface area contributed by atoms with Crippen LogP contribution < -0.4 is 0 Å². The Morgan fingerprint density at radius 3 is 2.55 bits per heavy atom. The van der Waals surface area contributed by atoms with E-state index >= 15 is 0 Å². The van der Waals surface area contributed by atoms with Gasteiger partial charge in [0.25, 0.3) is 0 Å². The van der Waals surface area contributed by atoms with Crippen LogP contribution in [0.15, 0.2) is 48.5 Å². The van der Waals surface area contributed by atoms with E-state index in [1.807, 2.05) is 25.1 Å². The third-order valence-corrected chi connectivity index (χ3v) is 3.47. The monoisotopic (exact) mass is 303 g/mol. The maximum absolute atomic E-state index is 12.7. The van der Waals surface area contributed by atoms with Gasteiger partial charge in [0.2, 0.25) is 5.78 Å². The molecule has 0 amide bonds. The van der Waals surface area contributed by atoms with Crippen molar-refractivity contribution in [2.75, 3.05) is 0 Å². The normalized spacial score (nSPS) is 11.8. The number of rotatable bonds is 2. The molecule has 1 aromatic heterocycles. The number of hydrogen-bond donors (Lipinski definition) is 1. The SMILES string of the molecule is Cc1ccc2[nH]c(C(=O)c3cccc(C(F)(F)F)c3)cc2c1. The van der Waals surface area contributed by atoms with Crippen molar-refractivity contribution in [3.05, 3.63) is 70.9 Å². The lowest BCUT2D eigenvalue weighted by molar-refractivity contribution is -0.137. The van der Waals surface area contributed by atoms with Gasteiger partial charge in [-0.1, -0.05) is 23.8 Å². The molecule has 0 spiro atoms. The Labute approximate surface area is 124 Å². The van der Waals surface area contributed by atoms with Gasteiger partial charge < -0.3 is 4.98 Å². The summed E-state index contributed by atoms with van der Waals surface area (Å²) in [5, 5.41) is 0.857. The lowest BCUT2D eigenvalue weighted by Gasteiger charge is -2.07. The maximum atomic E-state index is 12.7. The molecule has 0 aliphatic carbocycles. The number of carbonyl (C=O) groups is 1. The van der Waals surface area contributed by atoms with Crippen molar-refractivity contribution in [2.45, 2.75) is 13.1 Å². The number of H-pyrrole nitrogens is 1. The van der Waals surface area contributed by atoms with Gasteiger partial charge >= 0.3 is 6.18 Å². The van der Waals surface area contributed by atoms with E-state index < -0.39 is 17.5 Å². The summed E-state index contributed by atoms with van der Waals surface area (Å²) in [5.41, 5.74) is 1.29. The van der Waals surface area contributed by atoms with Crippen LogP contribution in [0.4, 0.5) is 13.2 Å². The van der Waals surface area contributed by atoms with Crippen molar-refractivity contribution in [2.24, 2.45) is 0 Å². The van der Waals surface area contributed by atoms with E-state index in [1.54, 1.807) is 6.07 Å². The van der Waals surface area contributed by atoms with Crippen molar-refractivity contribution < 1.29 is 18.0 Å². The molecule has 112 valence electrons. The smallest absolute Gasteiger partial charge is 0.352 e. The Morgan fingerprint density at radius 1 is 1.05 bits per heavy atom. The Bertz CT molecular complexity index is 862. The minimum atomic E-state index is -4.46. The van der Waals surface area contributed by atoms with Crippen molar-refractivity contribution in [1.82, 2.24) is 4.98 Å². The first-order chi connectivity index (χ1) is 10.3. The molecule has 0 aliphatic rings. The number of halogens is 3. The van der Waals surface area contributed by atoms with Crippen molar-refractivity contribution >= 4 is 16.7 Å². The van der Waals surface area contributed by atoms with E-state index in [4.69, 9.17) is 0 Å². The van der Waals surface area contributed by atoms with Crippen LogP contribution in [0.2, 0.25) is 0 Å². The van der Waals surface area contributed by atoms with Gasteiger partial charge in [-0.15, -0.1) is 0 Å². The lowest BCUT2D eigenvalue weighted by atomic mass is 10.0. The van der Waals surface area contributed by atoms with Crippen molar-refractivity contribution in [3.8, 4) is 0 Å². The minimum absolute atomic E-state index is 0.0121. The molecule has 2 aromatic carbocycles. The van der Waals surface area contributed by atoms with Gasteiger partial charge in [0.05, 0.1) is 11.3 Å². The average Bonchev–Trinajstić information content (AvgIpc) is 2.88. The molecule has 0 saturated heterocycles. The second-order valence-corrected chi connectivity index (χ2v) is 5.18. The van der Waals surface area contributed by atoms with E-state index in [2.05, 4.69) is 4.98 Å². The lowest BCUT2D eigenvalue weighted by Crippen LogP contribution is -2.08. The van der Waals surface area contributed by atoms with Gasteiger partial charge in [0.1, 0.15) is 0 Å². The highest BCUT2D eigenvalue weighted by atomic mass is 19.4. The first kappa shape index (κ1) is 14.4. The zero-order chi connectivity index (χ0) is 15.9. The Balaban J connectivity index is 2.02. The summed E-state index contributed by atoms with van der Waals surface area (Å²) >= 11 is 0. The molecule has 0 radical (unpaired) electrons. The van der Waals surface area contributed by atoms with Crippen LogP contribution >= 0.6 is 0 Å². The van der Waals surface area contributed by atoms with Gasteiger partial charge in [-0.3, -0.25) is 4.79 Å².